The fourth-order valence-electron chi connectivity index (χ4n) is 4.20. The molecule has 0 unspecified atom stereocenters. The van der Waals surface area contributed by atoms with Crippen LogP contribution in [-0.2, 0) is 21.2 Å². The van der Waals surface area contributed by atoms with Gasteiger partial charge in [0, 0.05) is 25.5 Å². The van der Waals surface area contributed by atoms with Gasteiger partial charge in [0.1, 0.15) is 17.0 Å². The third-order valence-electron chi connectivity index (χ3n) is 6.68. The largest absolute Gasteiger partial charge is 0.501 e. The lowest BCUT2D eigenvalue weighted by atomic mass is 10.0. The van der Waals surface area contributed by atoms with Crippen LogP contribution in [0.2, 0.25) is 0 Å². The van der Waals surface area contributed by atoms with Crippen molar-refractivity contribution >= 4 is 39.1 Å². The number of amides is 4. The fraction of sp³-hybridized carbons (Fsp3) is 0.259. The molecule has 10 nitrogen and oxygen atoms in total. The number of methoxy groups -OCH3 is 1. The molecule has 4 amide bonds. The Balaban J connectivity index is 1.56. The number of alkyl halides is 3. The molecule has 2 heterocycles. The summed E-state index contributed by atoms with van der Waals surface area (Å²) in [5.41, 5.74) is -5.79. The molecule has 1 aliphatic rings. The zero-order chi connectivity index (χ0) is 30.3. The molecule has 3 aromatic rings. The SMILES string of the molecule is COc1ccc(N(C)C(=O)c2cc(CN3C(=O)N(c4ccc(S(=O)(=O)C(F)(F)F)cc4)C(=O)C3(C)C)ccn2)cc1. The van der Waals surface area contributed by atoms with E-state index in [-0.39, 0.29) is 17.9 Å². The number of aromatic nitrogens is 1. The summed E-state index contributed by atoms with van der Waals surface area (Å²) >= 11 is 0. The Kier molecular flexibility index (Phi) is 7.56. The molecule has 1 aromatic heterocycles. The molecule has 0 bridgehead atoms. The van der Waals surface area contributed by atoms with E-state index in [0.29, 0.717) is 29.1 Å². The van der Waals surface area contributed by atoms with Gasteiger partial charge in [-0.15, -0.1) is 0 Å². The van der Waals surface area contributed by atoms with Crippen LogP contribution < -0.4 is 14.5 Å². The van der Waals surface area contributed by atoms with Gasteiger partial charge in [-0.25, -0.2) is 18.1 Å². The topological polar surface area (TPSA) is 117 Å². The van der Waals surface area contributed by atoms with Crippen LogP contribution >= 0.6 is 0 Å². The summed E-state index contributed by atoms with van der Waals surface area (Å²) in [7, 11) is -2.49. The number of anilines is 2. The smallest absolute Gasteiger partial charge is 0.497 e. The number of hydrogen-bond donors (Lipinski definition) is 0. The first-order valence-corrected chi connectivity index (χ1v) is 13.5. The minimum atomic E-state index is -5.60. The third-order valence-corrected chi connectivity index (χ3v) is 8.18. The maximum absolute atomic E-state index is 13.4. The fourth-order valence-corrected chi connectivity index (χ4v) is 4.97. The molecular weight excluding hydrogens is 565 g/mol. The maximum atomic E-state index is 13.4. The number of halogens is 3. The molecule has 1 fully saturated rings. The van der Waals surface area contributed by atoms with Crippen molar-refractivity contribution in [3.05, 3.63) is 78.1 Å². The average Bonchev–Trinajstić information content (AvgIpc) is 3.10. The molecule has 216 valence electrons. The van der Waals surface area contributed by atoms with E-state index in [1.54, 1.807) is 37.4 Å². The van der Waals surface area contributed by atoms with E-state index in [4.69, 9.17) is 4.74 Å². The number of nitrogens with zero attached hydrogens (tertiary/aromatic N) is 4. The van der Waals surface area contributed by atoms with Crippen LogP contribution in [0.4, 0.5) is 29.3 Å². The lowest BCUT2D eigenvalue weighted by molar-refractivity contribution is -0.123. The summed E-state index contributed by atoms with van der Waals surface area (Å²) in [5, 5.41) is 0. The highest BCUT2D eigenvalue weighted by atomic mass is 32.2. The number of sulfone groups is 1. The van der Waals surface area contributed by atoms with Gasteiger partial charge < -0.3 is 14.5 Å². The van der Waals surface area contributed by atoms with Crippen molar-refractivity contribution in [3.63, 3.8) is 0 Å². The lowest BCUT2D eigenvalue weighted by Gasteiger charge is -2.28. The normalized spacial score (nSPS) is 15.3. The average molecular weight is 591 g/mol. The van der Waals surface area contributed by atoms with Crippen LogP contribution in [0.1, 0.15) is 29.9 Å². The van der Waals surface area contributed by atoms with Crippen molar-refractivity contribution in [3.8, 4) is 5.75 Å². The summed E-state index contributed by atoms with van der Waals surface area (Å²) in [6.45, 7) is 2.91. The minimum absolute atomic E-state index is 0.0925. The molecule has 0 saturated carbocycles. The third kappa shape index (κ3) is 5.34. The van der Waals surface area contributed by atoms with E-state index >= 15 is 0 Å². The molecule has 1 aliphatic heterocycles. The standard InChI is InChI=1S/C27H25F3N4O6S/c1-26(2)24(36)34(19-7-11-21(12-8-19)41(38,39)27(28,29)30)25(37)33(26)16-17-13-14-31-22(15-17)23(35)32(3)18-5-9-20(40-4)10-6-18/h5-15H,16H2,1-4H3. The molecule has 4 rings (SSSR count). The number of carbonyl (C=O) groups excluding carboxylic acids is 3. The zero-order valence-electron chi connectivity index (χ0n) is 22.3. The van der Waals surface area contributed by atoms with Gasteiger partial charge in [-0.05, 0) is 80.1 Å². The summed E-state index contributed by atoms with van der Waals surface area (Å²) in [5.74, 6) is -0.465. The Morgan fingerprint density at radius 3 is 2.20 bits per heavy atom. The highest BCUT2D eigenvalue weighted by Crippen LogP contribution is 2.35. The van der Waals surface area contributed by atoms with Crippen LogP contribution in [0.3, 0.4) is 0 Å². The molecule has 0 atom stereocenters. The Hall–Kier alpha value is -4.46. The van der Waals surface area contributed by atoms with Crippen LogP contribution in [0.25, 0.3) is 0 Å². The number of carbonyl (C=O) groups is 3. The van der Waals surface area contributed by atoms with Crippen LogP contribution in [0.15, 0.2) is 71.8 Å². The van der Waals surface area contributed by atoms with Crippen LogP contribution in [0.5, 0.6) is 5.75 Å². The summed E-state index contributed by atoms with van der Waals surface area (Å²) in [6, 6.07) is 12.4. The quantitative estimate of drug-likeness (QED) is 0.374. The molecule has 14 heteroatoms. The Bertz CT molecular complexity index is 1610. The highest BCUT2D eigenvalue weighted by Gasteiger charge is 2.52. The van der Waals surface area contributed by atoms with Crippen LogP contribution in [-0.4, -0.2) is 61.4 Å². The van der Waals surface area contributed by atoms with Gasteiger partial charge >= 0.3 is 11.5 Å². The van der Waals surface area contributed by atoms with Gasteiger partial charge in [-0.1, -0.05) is 0 Å². The minimum Gasteiger partial charge on any atom is -0.497 e. The molecule has 2 aromatic carbocycles. The Morgan fingerprint density at radius 1 is 1.02 bits per heavy atom. The van der Waals surface area contributed by atoms with Crippen molar-refractivity contribution < 1.29 is 40.7 Å². The second kappa shape index (κ2) is 10.5. The second-order valence-electron chi connectivity index (χ2n) is 9.62. The predicted molar refractivity (Wildman–Crippen MR) is 142 cm³/mol. The number of hydrogen-bond acceptors (Lipinski definition) is 7. The lowest BCUT2D eigenvalue weighted by Crippen LogP contribution is -2.43. The van der Waals surface area contributed by atoms with Gasteiger partial charge in [-0.3, -0.25) is 14.6 Å². The summed E-state index contributed by atoms with van der Waals surface area (Å²) in [4.78, 5) is 46.2. The number of urea groups is 1. The highest BCUT2D eigenvalue weighted by molar-refractivity contribution is 7.92. The van der Waals surface area contributed by atoms with E-state index in [1.165, 1.54) is 43.0 Å². The van der Waals surface area contributed by atoms with E-state index in [0.717, 1.165) is 17.0 Å². The van der Waals surface area contributed by atoms with E-state index in [2.05, 4.69) is 4.98 Å². The Labute approximate surface area is 233 Å². The van der Waals surface area contributed by atoms with E-state index in [9.17, 15) is 36.0 Å². The van der Waals surface area contributed by atoms with Crippen molar-refractivity contribution in [1.82, 2.24) is 9.88 Å². The molecule has 1 saturated heterocycles. The van der Waals surface area contributed by atoms with Gasteiger partial charge in [0.25, 0.3) is 21.7 Å². The molecule has 0 aliphatic carbocycles. The van der Waals surface area contributed by atoms with Gasteiger partial charge in [0.2, 0.25) is 0 Å². The van der Waals surface area contributed by atoms with Gasteiger partial charge in [0.15, 0.2) is 0 Å². The number of pyridine rings is 1. The van der Waals surface area contributed by atoms with E-state index < -0.39 is 43.6 Å². The van der Waals surface area contributed by atoms with Crippen molar-refractivity contribution in [2.45, 2.75) is 36.3 Å². The molecule has 0 radical (unpaired) electrons. The molecule has 0 N–H and O–H groups in total. The number of imide groups is 1. The zero-order valence-corrected chi connectivity index (χ0v) is 23.2. The first-order valence-electron chi connectivity index (χ1n) is 12.0. The summed E-state index contributed by atoms with van der Waals surface area (Å²) < 4.78 is 67.2. The Morgan fingerprint density at radius 2 is 1.63 bits per heavy atom. The molecular formula is C27H25F3N4O6S. The number of ether oxygens (including phenoxy) is 1. The first kappa shape index (κ1) is 29.5. The van der Waals surface area contributed by atoms with E-state index in [1.807, 2.05) is 0 Å². The molecule has 0 spiro atoms. The predicted octanol–water partition coefficient (Wildman–Crippen LogP) is 4.41. The number of rotatable bonds is 7. The van der Waals surface area contributed by atoms with Crippen molar-refractivity contribution in [2.24, 2.45) is 0 Å². The number of benzene rings is 2. The first-order chi connectivity index (χ1) is 19.1. The van der Waals surface area contributed by atoms with Crippen molar-refractivity contribution in [2.75, 3.05) is 24.0 Å². The molecule has 41 heavy (non-hydrogen) atoms. The van der Waals surface area contributed by atoms with Gasteiger partial charge in [-0.2, -0.15) is 13.2 Å². The maximum Gasteiger partial charge on any atom is 0.501 e. The van der Waals surface area contributed by atoms with Crippen molar-refractivity contribution in [1.29, 1.82) is 0 Å². The second-order valence-corrected chi connectivity index (χ2v) is 11.6. The van der Waals surface area contributed by atoms with Crippen LogP contribution in [0, 0.1) is 0 Å². The monoisotopic (exact) mass is 590 g/mol. The van der Waals surface area contributed by atoms with Gasteiger partial charge in [0.05, 0.1) is 17.7 Å². The summed E-state index contributed by atoms with van der Waals surface area (Å²) in [6.07, 6.45) is 1.40.